The zero-order valence-electron chi connectivity index (χ0n) is 8.02. The van der Waals surface area contributed by atoms with Crippen LogP contribution in [0.3, 0.4) is 0 Å². The Bertz CT molecular complexity index is 437. The van der Waals surface area contributed by atoms with Gasteiger partial charge in [0.25, 0.3) is 0 Å². The second-order valence-electron chi connectivity index (χ2n) is 2.69. The number of esters is 1. The van der Waals surface area contributed by atoms with Gasteiger partial charge in [-0.25, -0.2) is 4.79 Å². The number of ether oxygens (including phenoxy) is 1. The average molecular weight is 223 g/mol. The van der Waals surface area contributed by atoms with E-state index in [-0.39, 0.29) is 28.4 Å². The number of rotatable bonds is 2. The van der Waals surface area contributed by atoms with Crippen LogP contribution in [0.25, 0.3) is 0 Å². The van der Waals surface area contributed by atoms with Gasteiger partial charge in [-0.2, -0.15) is 5.26 Å². The molecule has 0 radical (unpaired) electrons. The summed E-state index contributed by atoms with van der Waals surface area (Å²) in [6.45, 7) is 1.85. The summed E-state index contributed by atoms with van der Waals surface area (Å²) in [5, 5.41) is 18.2. The Balaban J connectivity index is 3.28. The molecule has 1 rings (SSSR count). The molecule has 0 heterocycles. The summed E-state index contributed by atoms with van der Waals surface area (Å²) in [6, 6.07) is 4.52. The van der Waals surface area contributed by atoms with Crippen molar-refractivity contribution >= 4 is 18.6 Å². The maximum atomic E-state index is 11.4. The van der Waals surface area contributed by atoms with Gasteiger partial charge in [0.1, 0.15) is 17.4 Å². The molecule has 0 bridgehead atoms. The predicted molar refractivity (Wildman–Crippen MR) is 56.0 cm³/mol. The van der Waals surface area contributed by atoms with Gasteiger partial charge in [0.05, 0.1) is 12.2 Å². The molecule has 0 fully saturated rings. The second kappa shape index (κ2) is 4.71. The lowest BCUT2D eigenvalue weighted by atomic mass is 10.1. The van der Waals surface area contributed by atoms with Crippen molar-refractivity contribution in [2.75, 3.05) is 6.61 Å². The van der Waals surface area contributed by atoms with Crippen LogP contribution in [0.4, 0.5) is 0 Å². The number of nitriles is 1. The summed E-state index contributed by atoms with van der Waals surface area (Å²) in [5.41, 5.74) is 0.151. The van der Waals surface area contributed by atoms with Crippen LogP contribution < -0.4 is 0 Å². The Labute approximate surface area is 92.5 Å². The van der Waals surface area contributed by atoms with Gasteiger partial charge >= 0.3 is 5.97 Å². The van der Waals surface area contributed by atoms with Crippen molar-refractivity contribution < 1.29 is 14.6 Å². The molecule has 15 heavy (non-hydrogen) atoms. The molecule has 0 saturated carbocycles. The first-order valence-electron chi connectivity index (χ1n) is 4.24. The topological polar surface area (TPSA) is 70.3 Å². The van der Waals surface area contributed by atoms with Gasteiger partial charge in [-0.15, -0.1) is 12.6 Å². The van der Waals surface area contributed by atoms with Crippen LogP contribution in [0, 0.1) is 11.3 Å². The van der Waals surface area contributed by atoms with Crippen LogP contribution in [0.1, 0.15) is 22.8 Å². The van der Waals surface area contributed by atoms with Crippen LogP contribution in [0.2, 0.25) is 0 Å². The van der Waals surface area contributed by atoms with Crippen LogP contribution in [-0.2, 0) is 4.74 Å². The summed E-state index contributed by atoms with van der Waals surface area (Å²) in [5.74, 6) is -0.922. The van der Waals surface area contributed by atoms with Gasteiger partial charge < -0.3 is 9.84 Å². The molecule has 1 aromatic carbocycles. The molecule has 0 unspecified atom stereocenters. The van der Waals surface area contributed by atoms with Gasteiger partial charge in [-0.05, 0) is 19.1 Å². The summed E-state index contributed by atoms with van der Waals surface area (Å²) in [6.07, 6.45) is 0. The molecule has 0 saturated heterocycles. The molecule has 0 aliphatic carbocycles. The summed E-state index contributed by atoms with van der Waals surface area (Å²) in [4.78, 5) is 11.5. The van der Waals surface area contributed by atoms with Gasteiger partial charge in [-0.3, -0.25) is 0 Å². The van der Waals surface area contributed by atoms with E-state index in [1.165, 1.54) is 12.1 Å². The molecule has 0 aliphatic rings. The van der Waals surface area contributed by atoms with Crippen molar-refractivity contribution in [3.05, 3.63) is 23.3 Å². The predicted octanol–water partition coefficient (Wildman–Crippen LogP) is 1.73. The fourth-order valence-corrected chi connectivity index (χ4v) is 1.41. The minimum atomic E-state index is -0.683. The Morgan fingerprint density at radius 1 is 1.67 bits per heavy atom. The first kappa shape index (κ1) is 11.4. The number of hydrogen-bond donors (Lipinski definition) is 2. The molecule has 0 aliphatic heterocycles. The molecule has 4 nitrogen and oxygen atoms in total. The molecule has 5 heteroatoms. The van der Waals surface area contributed by atoms with E-state index in [4.69, 9.17) is 10.00 Å². The van der Waals surface area contributed by atoms with Gasteiger partial charge in [0.15, 0.2) is 0 Å². The quantitative estimate of drug-likeness (QED) is 0.591. The third-order valence-corrected chi connectivity index (χ3v) is 2.22. The fourth-order valence-electron chi connectivity index (χ4n) is 1.08. The highest BCUT2D eigenvalue weighted by molar-refractivity contribution is 7.80. The number of nitrogens with zero attached hydrogens (tertiary/aromatic N) is 1. The smallest absolute Gasteiger partial charge is 0.343 e. The van der Waals surface area contributed by atoms with Crippen molar-refractivity contribution in [3.63, 3.8) is 0 Å². The lowest BCUT2D eigenvalue weighted by molar-refractivity contribution is 0.0519. The second-order valence-corrected chi connectivity index (χ2v) is 3.14. The lowest BCUT2D eigenvalue weighted by Gasteiger charge is -2.07. The largest absolute Gasteiger partial charge is 0.507 e. The van der Waals surface area contributed by atoms with E-state index in [2.05, 4.69) is 12.6 Å². The number of thiol groups is 1. The van der Waals surface area contributed by atoms with Crippen LogP contribution in [-0.4, -0.2) is 17.7 Å². The molecular formula is C10H9NO3S. The van der Waals surface area contributed by atoms with Crippen molar-refractivity contribution in [2.45, 2.75) is 11.8 Å². The van der Waals surface area contributed by atoms with E-state index in [0.29, 0.717) is 0 Å². The number of hydrogen-bond acceptors (Lipinski definition) is 5. The van der Waals surface area contributed by atoms with Crippen molar-refractivity contribution in [1.29, 1.82) is 5.26 Å². The molecule has 0 spiro atoms. The van der Waals surface area contributed by atoms with E-state index >= 15 is 0 Å². The van der Waals surface area contributed by atoms with E-state index in [9.17, 15) is 9.90 Å². The monoisotopic (exact) mass is 223 g/mol. The third-order valence-electron chi connectivity index (χ3n) is 1.76. The van der Waals surface area contributed by atoms with E-state index < -0.39 is 5.97 Å². The Morgan fingerprint density at radius 2 is 2.33 bits per heavy atom. The number of aromatic hydroxyl groups is 1. The molecule has 0 aromatic heterocycles. The van der Waals surface area contributed by atoms with Crippen molar-refractivity contribution in [2.24, 2.45) is 0 Å². The normalized spacial score (nSPS) is 9.40. The highest BCUT2D eigenvalue weighted by atomic mass is 32.1. The van der Waals surface area contributed by atoms with E-state index in [1.54, 1.807) is 6.92 Å². The van der Waals surface area contributed by atoms with Crippen LogP contribution in [0.15, 0.2) is 17.0 Å². The number of carbonyl (C=O) groups is 1. The molecule has 0 amide bonds. The average Bonchev–Trinajstić information content (AvgIpc) is 2.18. The minimum Gasteiger partial charge on any atom is -0.507 e. The molecule has 1 N–H and O–H groups in total. The summed E-state index contributed by atoms with van der Waals surface area (Å²) in [7, 11) is 0. The minimum absolute atomic E-state index is 0.0702. The molecular weight excluding hydrogens is 214 g/mol. The summed E-state index contributed by atoms with van der Waals surface area (Å²) >= 11 is 4.01. The van der Waals surface area contributed by atoms with Crippen LogP contribution >= 0.6 is 12.6 Å². The number of benzene rings is 1. The fraction of sp³-hybridized carbons (Fsp3) is 0.200. The first-order chi connectivity index (χ1) is 7.11. The Hall–Kier alpha value is -1.67. The van der Waals surface area contributed by atoms with E-state index in [1.807, 2.05) is 6.07 Å². The van der Waals surface area contributed by atoms with E-state index in [0.717, 1.165) is 0 Å². The zero-order valence-corrected chi connectivity index (χ0v) is 8.91. The molecule has 78 valence electrons. The first-order valence-corrected chi connectivity index (χ1v) is 4.68. The Morgan fingerprint density at radius 3 is 2.87 bits per heavy atom. The van der Waals surface area contributed by atoms with Gasteiger partial charge in [0, 0.05) is 4.90 Å². The maximum Gasteiger partial charge on any atom is 0.343 e. The zero-order chi connectivity index (χ0) is 11.4. The number of phenols is 1. The Kier molecular flexibility index (Phi) is 3.58. The standard InChI is InChI=1S/C10H9NO3S/c1-2-14-10(13)8-7(12)4-3-6(5-11)9(8)15/h3-4,12,15H,2H2,1H3. The highest BCUT2D eigenvalue weighted by Gasteiger charge is 2.18. The maximum absolute atomic E-state index is 11.4. The van der Waals surface area contributed by atoms with Gasteiger partial charge in [0.2, 0.25) is 0 Å². The summed E-state index contributed by atoms with van der Waals surface area (Å²) < 4.78 is 4.73. The lowest BCUT2D eigenvalue weighted by Crippen LogP contribution is -2.06. The highest BCUT2D eigenvalue weighted by Crippen LogP contribution is 2.27. The van der Waals surface area contributed by atoms with Crippen molar-refractivity contribution in [1.82, 2.24) is 0 Å². The molecule has 0 atom stereocenters. The molecule has 1 aromatic rings. The van der Waals surface area contributed by atoms with Gasteiger partial charge in [-0.1, -0.05) is 0 Å². The number of phenolic OH excluding ortho intramolecular Hbond substituents is 1. The van der Waals surface area contributed by atoms with Crippen molar-refractivity contribution in [3.8, 4) is 11.8 Å². The van der Waals surface area contributed by atoms with Crippen LogP contribution in [0.5, 0.6) is 5.75 Å². The SMILES string of the molecule is CCOC(=O)c1c(O)ccc(C#N)c1S. The number of carbonyl (C=O) groups excluding carboxylic acids is 1. The third kappa shape index (κ3) is 2.22.